The van der Waals surface area contributed by atoms with Crippen molar-refractivity contribution >= 4 is 5.91 Å². The summed E-state index contributed by atoms with van der Waals surface area (Å²) in [6.07, 6.45) is 0. The van der Waals surface area contributed by atoms with Crippen LogP contribution in [0, 0.1) is 4.91 Å². The van der Waals surface area contributed by atoms with Crippen LogP contribution in [0.4, 0.5) is 0 Å². The molecular weight excluding hydrogens is 136 g/mol. The van der Waals surface area contributed by atoms with E-state index in [9.17, 15) is 9.70 Å². The number of amides is 1. The number of hydrogen-bond donors (Lipinski definition) is 1. The summed E-state index contributed by atoms with van der Waals surface area (Å²) in [5.41, 5.74) is 4.80. The van der Waals surface area contributed by atoms with Crippen molar-refractivity contribution in [3.63, 3.8) is 0 Å². The van der Waals surface area contributed by atoms with Crippen molar-refractivity contribution in [2.24, 2.45) is 11.0 Å². The topological polar surface area (TPSA) is 79.0 Å². The summed E-state index contributed by atoms with van der Waals surface area (Å²) in [5, 5.41) is 4.83. The summed E-state index contributed by atoms with van der Waals surface area (Å²) in [6.45, 7) is -0.184. The predicted molar refractivity (Wildman–Crippen MR) is 35.4 cm³/mol. The van der Waals surface area contributed by atoms with Gasteiger partial charge in [0.15, 0.2) is 0 Å². The largest absolute Gasteiger partial charge is 0.368 e. The average molecular weight is 146 g/mol. The van der Waals surface area contributed by atoms with Crippen LogP contribution in [0.15, 0.2) is 5.29 Å². The predicted octanol–water partition coefficient (Wildman–Crippen LogP) is -1.07. The van der Waals surface area contributed by atoms with Crippen LogP contribution >= 0.6 is 0 Å². The molecule has 6 nitrogen and oxygen atoms in total. The number of carbonyl (C=O) groups excluding carboxylic acids is 1. The van der Waals surface area contributed by atoms with Gasteiger partial charge in [-0.25, -0.2) is 5.01 Å². The van der Waals surface area contributed by atoms with Crippen LogP contribution in [-0.2, 0) is 4.79 Å². The summed E-state index contributed by atoms with van der Waals surface area (Å²) in [5.74, 6) is -0.590. The molecule has 0 aliphatic rings. The lowest BCUT2D eigenvalue weighted by molar-refractivity contribution is -0.123. The molecule has 6 heteroatoms. The lowest BCUT2D eigenvalue weighted by Gasteiger charge is -2.19. The van der Waals surface area contributed by atoms with Gasteiger partial charge in [-0.15, -0.1) is 4.91 Å². The highest BCUT2D eigenvalue weighted by molar-refractivity contribution is 5.75. The highest BCUT2D eigenvalue weighted by atomic mass is 16.3. The van der Waals surface area contributed by atoms with E-state index in [2.05, 4.69) is 5.29 Å². The zero-order chi connectivity index (χ0) is 8.15. The van der Waals surface area contributed by atoms with Crippen molar-refractivity contribution in [1.82, 2.24) is 10.1 Å². The van der Waals surface area contributed by atoms with Crippen molar-refractivity contribution in [1.29, 1.82) is 0 Å². The molecule has 58 valence electrons. The summed E-state index contributed by atoms with van der Waals surface area (Å²) >= 11 is 0. The number of nitroso groups, excluding NO2 is 1. The number of hydrogen-bond acceptors (Lipinski definition) is 4. The fourth-order valence-corrected chi connectivity index (χ4v) is 0.383. The molecule has 2 N–H and O–H groups in total. The summed E-state index contributed by atoms with van der Waals surface area (Å²) < 4.78 is 0. The molecule has 0 heterocycles. The number of hydrazine groups is 1. The molecule has 0 aromatic rings. The molecular formula is C4H10N4O2. The average Bonchev–Trinajstić information content (AvgIpc) is 1.81. The Labute approximate surface area is 58.5 Å². The zero-order valence-electron chi connectivity index (χ0n) is 5.94. The van der Waals surface area contributed by atoms with Gasteiger partial charge in [-0.05, 0) is 0 Å². The Kier molecular flexibility index (Phi) is 3.34. The Morgan fingerprint density at radius 2 is 2.10 bits per heavy atom. The van der Waals surface area contributed by atoms with Gasteiger partial charge in [0.25, 0.3) is 0 Å². The number of primary amides is 1. The Balaban J connectivity index is 3.83. The van der Waals surface area contributed by atoms with Gasteiger partial charge < -0.3 is 5.73 Å². The second-order valence-corrected chi connectivity index (χ2v) is 1.93. The molecule has 0 bridgehead atoms. The molecule has 0 fully saturated rings. The lowest BCUT2D eigenvalue weighted by atomic mass is 10.6. The van der Waals surface area contributed by atoms with E-state index < -0.39 is 5.91 Å². The molecule has 1 amide bonds. The second kappa shape index (κ2) is 3.78. The van der Waals surface area contributed by atoms with E-state index >= 15 is 0 Å². The van der Waals surface area contributed by atoms with Crippen LogP contribution in [-0.4, -0.2) is 36.7 Å². The minimum Gasteiger partial charge on any atom is -0.368 e. The smallest absolute Gasteiger partial charge is 0.240 e. The molecule has 0 atom stereocenters. The van der Waals surface area contributed by atoms with E-state index in [4.69, 9.17) is 5.73 Å². The monoisotopic (exact) mass is 146 g/mol. The SMILES string of the molecule is CN(C)N(CC(N)=O)N=O. The highest BCUT2D eigenvalue weighted by Crippen LogP contribution is 1.89. The zero-order valence-corrected chi connectivity index (χ0v) is 5.94. The third-order valence-corrected chi connectivity index (χ3v) is 0.853. The van der Waals surface area contributed by atoms with Crippen LogP contribution in [0.3, 0.4) is 0 Å². The minimum atomic E-state index is -0.590. The van der Waals surface area contributed by atoms with Crippen molar-refractivity contribution in [2.75, 3.05) is 20.6 Å². The van der Waals surface area contributed by atoms with E-state index in [1.807, 2.05) is 0 Å². The Morgan fingerprint density at radius 1 is 1.60 bits per heavy atom. The van der Waals surface area contributed by atoms with Gasteiger partial charge in [0, 0.05) is 14.1 Å². The number of nitrogens with two attached hydrogens (primary N) is 1. The Hall–Kier alpha value is -1.17. The number of nitrogens with zero attached hydrogens (tertiary/aromatic N) is 3. The molecule has 0 aromatic carbocycles. The standard InChI is InChI=1S/C4H10N4O2/c1-7(2)8(6-10)3-4(5)9/h3H2,1-2H3,(H2,5,9). The third kappa shape index (κ3) is 2.98. The maximum absolute atomic E-state index is 10.2. The minimum absolute atomic E-state index is 0.184. The number of rotatable bonds is 4. The molecule has 0 aliphatic heterocycles. The van der Waals surface area contributed by atoms with E-state index in [0.717, 1.165) is 5.12 Å². The van der Waals surface area contributed by atoms with Crippen LogP contribution in [0.2, 0.25) is 0 Å². The molecule has 0 spiro atoms. The second-order valence-electron chi connectivity index (χ2n) is 1.93. The quantitative estimate of drug-likeness (QED) is 0.404. The van der Waals surface area contributed by atoms with Crippen LogP contribution in [0.25, 0.3) is 0 Å². The third-order valence-electron chi connectivity index (χ3n) is 0.853. The van der Waals surface area contributed by atoms with Gasteiger partial charge in [-0.1, -0.05) is 0 Å². The molecule has 0 radical (unpaired) electrons. The fourth-order valence-electron chi connectivity index (χ4n) is 0.383. The molecule has 0 aliphatic carbocycles. The normalized spacial score (nSPS) is 9.50. The van der Waals surface area contributed by atoms with Gasteiger partial charge in [0.05, 0.1) is 5.29 Å². The van der Waals surface area contributed by atoms with Crippen molar-refractivity contribution in [2.45, 2.75) is 0 Å². The Bertz CT molecular complexity index is 135. The molecule has 0 rings (SSSR count). The van der Waals surface area contributed by atoms with Crippen LogP contribution < -0.4 is 5.73 Å². The summed E-state index contributed by atoms with van der Waals surface area (Å²) in [7, 11) is 3.18. The van der Waals surface area contributed by atoms with Gasteiger partial charge >= 0.3 is 0 Å². The molecule has 0 unspecified atom stereocenters. The number of carbonyl (C=O) groups is 1. The van der Waals surface area contributed by atoms with Gasteiger partial charge in [0.2, 0.25) is 5.91 Å². The van der Waals surface area contributed by atoms with Crippen LogP contribution in [0.1, 0.15) is 0 Å². The summed E-state index contributed by atoms with van der Waals surface area (Å²) in [6, 6.07) is 0. The molecule has 0 aromatic heterocycles. The van der Waals surface area contributed by atoms with Gasteiger partial charge in [-0.2, -0.15) is 5.12 Å². The van der Waals surface area contributed by atoms with E-state index in [0.29, 0.717) is 0 Å². The van der Waals surface area contributed by atoms with E-state index in [1.165, 1.54) is 5.01 Å². The fraction of sp³-hybridized carbons (Fsp3) is 0.750. The first kappa shape index (κ1) is 8.83. The summed E-state index contributed by atoms with van der Waals surface area (Å²) in [4.78, 5) is 20.1. The van der Waals surface area contributed by atoms with Gasteiger partial charge in [0.1, 0.15) is 6.54 Å². The first-order chi connectivity index (χ1) is 4.57. The molecule has 10 heavy (non-hydrogen) atoms. The molecule has 0 saturated heterocycles. The highest BCUT2D eigenvalue weighted by Gasteiger charge is 2.07. The van der Waals surface area contributed by atoms with Gasteiger partial charge in [-0.3, -0.25) is 4.79 Å². The lowest BCUT2D eigenvalue weighted by Crippen LogP contribution is -2.38. The van der Waals surface area contributed by atoms with Crippen LogP contribution in [0.5, 0.6) is 0 Å². The van der Waals surface area contributed by atoms with E-state index in [-0.39, 0.29) is 6.54 Å². The van der Waals surface area contributed by atoms with Crippen molar-refractivity contribution in [3.05, 3.63) is 4.91 Å². The van der Waals surface area contributed by atoms with E-state index in [1.54, 1.807) is 14.1 Å². The van der Waals surface area contributed by atoms with Crippen molar-refractivity contribution in [3.8, 4) is 0 Å². The Morgan fingerprint density at radius 3 is 2.20 bits per heavy atom. The van der Waals surface area contributed by atoms with Crippen molar-refractivity contribution < 1.29 is 4.79 Å². The molecule has 0 saturated carbocycles. The first-order valence-electron chi connectivity index (χ1n) is 2.64. The maximum Gasteiger partial charge on any atom is 0.240 e. The maximum atomic E-state index is 10.2. The first-order valence-corrected chi connectivity index (χ1v) is 2.64.